The second kappa shape index (κ2) is 6.01. The number of rotatable bonds is 5. The first kappa shape index (κ1) is 12.5. The molecule has 1 amide bonds. The van der Waals surface area contributed by atoms with E-state index in [0.29, 0.717) is 12.0 Å². The van der Waals surface area contributed by atoms with Crippen LogP contribution in [0.25, 0.3) is 0 Å². The van der Waals surface area contributed by atoms with Gasteiger partial charge in [-0.3, -0.25) is 4.79 Å². The Morgan fingerprint density at radius 2 is 1.77 bits per heavy atom. The molecule has 0 rings (SSSR count). The van der Waals surface area contributed by atoms with E-state index in [4.69, 9.17) is 0 Å². The normalized spacial score (nSPS) is 13.5. The third-order valence-corrected chi connectivity index (χ3v) is 2.26. The Morgan fingerprint density at radius 1 is 1.23 bits per heavy atom. The van der Waals surface area contributed by atoms with Gasteiger partial charge in [0, 0.05) is 12.0 Å². The van der Waals surface area contributed by atoms with Crippen LogP contribution in [0.4, 0.5) is 0 Å². The first-order chi connectivity index (χ1) is 5.99. The lowest BCUT2D eigenvalue weighted by atomic mass is 9.99. The van der Waals surface area contributed by atoms with Crippen molar-refractivity contribution in [2.24, 2.45) is 11.8 Å². The van der Waals surface area contributed by atoms with E-state index < -0.39 is 0 Å². The summed E-state index contributed by atoms with van der Waals surface area (Å²) in [6.45, 7) is 10.3. The fraction of sp³-hybridized carbons (Fsp3) is 0.909. The lowest BCUT2D eigenvalue weighted by molar-refractivity contribution is -0.125. The van der Waals surface area contributed by atoms with Crippen LogP contribution in [0.1, 0.15) is 47.5 Å². The van der Waals surface area contributed by atoms with Gasteiger partial charge in [-0.15, -0.1) is 0 Å². The summed E-state index contributed by atoms with van der Waals surface area (Å²) >= 11 is 0. The number of nitrogens with one attached hydrogen (secondary N) is 1. The second-order valence-corrected chi connectivity index (χ2v) is 4.30. The minimum atomic E-state index is 0.0955. The van der Waals surface area contributed by atoms with Gasteiger partial charge in [-0.2, -0.15) is 0 Å². The molecule has 0 aliphatic rings. The van der Waals surface area contributed by atoms with Crippen molar-refractivity contribution in [1.29, 1.82) is 0 Å². The first-order valence-electron chi connectivity index (χ1n) is 5.29. The molecule has 2 heteroatoms. The minimum Gasteiger partial charge on any atom is -0.353 e. The predicted molar refractivity (Wildman–Crippen MR) is 56.5 cm³/mol. The Kier molecular flexibility index (Phi) is 5.76. The molecule has 1 N–H and O–H groups in total. The minimum absolute atomic E-state index is 0.0955. The Balaban J connectivity index is 4.02. The van der Waals surface area contributed by atoms with Gasteiger partial charge < -0.3 is 5.32 Å². The smallest absolute Gasteiger partial charge is 0.222 e. The number of hydrogen-bond donors (Lipinski definition) is 1. The molecule has 0 aliphatic heterocycles. The van der Waals surface area contributed by atoms with E-state index in [1.165, 1.54) is 0 Å². The average molecular weight is 185 g/mol. The second-order valence-electron chi connectivity index (χ2n) is 4.30. The lowest BCUT2D eigenvalue weighted by Crippen LogP contribution is -2.40. The van der Waals surface area contributed by atoms with Crippen molar-refractivity contribution < 1.29 is 4.79 Å². The van der Waals surface area contributed by atoms with Gasteiger partial charge in [-0.05, 0) is 12.3 Å². The van der Waals surface area contributed by atoms with Gasteiger partial charge in [0.05, 0.1) is 0 Å². The Bertz CT molecular complexity index is 152. The zero-order chi connectivity index (χ0) is 10.4. The van der Waals surface area contributed by atoms with Crippen LogP contribution in [-0.4, -0.2) is 11.9 Å². The average Bonchev–Trinajstić information content (AvgIpc) is 2.03. The Morgan fingerprint density at radius 3 is 2.08 bits per heavy atom. The van der Waals surface area contributed by atoms with Gasteiger partial charge in [0.25, 0.3) is 0 Å². The molecular formula is C11H23NO. The summed E-state index contributed by atoms with van der Waals surface area (Å²) in [5, 5.41) is 3.08. The van der Waals surface area contributed by atoms with E-state index in [1.54, 1.807) is 0 Å². The lowest BCUT2D eigenvalue weighted by Gasteiger charge is -2.22. The number of hydrogen-bond acceptors (Lipinski definition) is 1. The van der Waals surface area contributed by atoms with Crippen LogP contribution >= 0.6 is 0 Å². The van der Waals surface area contributed by atoms with Gasteiger partial charge in [0.1, 0.15) is 0 Å². The highest BCUT2D eigenvalue weighted by Crippen LogP contribution is 2.09. The molecule has 0 bridgehead atoms. The maximum absolute atomic E-state index is 11.4. The Labute approximate surface area is 82.1 Å². The molecule has 1 unspecified atom stereocenters. The van der Waals surface area contributed by atoms with E-state index in [-0.39, 0.29) is 11.8 Å². The number of carbonyl (C=O) groups excluding carboxylic acids is 1. The summed E-state index contributed by atoms with van der Waals surface area (Å²) in [7, 11) is 0. The van der Waals surface area contributed by atoms with Gasteiger partial charge in [0.15, 0.2) is 0 Å². The summed E-state index contributed by atoms with van der Waals surface area (Å²) in [4.78, 5) is 11.4. The van der Waals surface area contributed by atoms with E-state index in [2.05, 4.69) is 26.1 Å². The van der Waals surface area contributed by atoms with Crippen LogP contribution < -0.4 is 5.32 Å². The molecule has 2 nitrogen and oxygen atoms in total. The summed E-state index contributed by atoms with van der Waals surface area (Å²) < 4.78 is 0. The van der Waals surface area contributed by atoms with E-state index >= 15 is 0 Å². The van der Waals surface area contributed by atoms with Crippen molar-refractivity contribution in [1.82, 2.24) is 5.32 Å². The summed E-state index contributed by atoms with van der Waals surface area (Å²) in [5.74, 6) is 0.799. The quantitative estimate of drug-likeness (QED) is 0.701. The van der Waals surface area contributed by atoms with Gasteiger partial charge in [-0.1, -0.05) is 41.0 Å². The van der Waals surface area contributed by atoms with E-state index in [1.807, 2.05) is 13.8 Å². The molecule has 0 radical (unpaired) electrons. The third-order valence-electron chi connectivity index (χ3n) is 2.26. The summed E-state index contributed by atoms with van der Waals surface area (Å²) in [5.41, 5.74) is 0. The fourth-order valence-electron chi connectivity index (χ4n) is 1.23. The van der Waals surface area contributed by atoms with Gasteiger partial charge >= 0.3 is 0 Å². The molecule has 1 atom stereocenters. The molecule has 0 aromatic carbocycles. The van der Waals surface area contributed by atoms with Crippen LogP contribution in [0.5, 0.6) is 0 Å². The maximum atomic E-state index is 11.4. The SMILES string of the molecule is CCCC(NC(=O)C(C)C)C(C)C. The van der Waals surface area contributed by atoms with E-state index in [0.717, 1.165) is 12.8 Å². The number of amides is 1. The van der Waals surface area contributed by atoms with Gasteiger partial charge in [-0.25, -0.2) is 0 Å². The van der Waals surface area contributed by atoms with Crippen molar-refractivity contribution in [3.8, 4) is 0 Å². The highest BCUT2D eigenvalue weighted by molar-refractivity contribution is 5.78. The summed E-state index contributed by atoms with van der Waals surface area (Å²) in [6, 6.07) is 0.347. The molecule has 0 saturated carbocycles. The summed E-state index contributed by atoms with van der Waals surface area (Å²) in [6.07, 6.45) is 2.21. The van der Waals surface area contributed by atoms with Crippen LogP contribution in [0, 0.1) is 11.8 Å². The molecule has 0 fully saturated rings. The Hall–Kier alpha value is -0.530. The van der Waals surface area contributed by atoms with Crippen LogP contribution in [0.2, 0.25) is 0 Å². The van der Waals surface area contributed by atoms with Crippen molar-refractivity contribution in [3.05, 3.63) is 0 Å². The van der Waals surface area contributed by atoms with Crippen LogP contribution in [0.3, 0.4) is 0 Å². The zero-order valence-corrected chi connectivity index (χ0v) is 9.55. The van der Waals surface area contributed by atoms with Crippen molar-refractivity contribution >= 4 is 5.91 Å². The monoisotopic (exact) mass is 185 g/mol. The fourth-order valence-corrected chi connectivity index (χ4v) is 1.23. The molecule has 13 heavy (non-hydrogen) atoms. The maximum Gasteiger partial charge on any atom is 0.222 e. The predicted octanol–water partition coefficient (Wildman–Crippen LogP) is 2.58. The zero-order valence-electron chi connectivity index (χ0n) is 9.55. The molecule has 0 heterocycles. The first-order valence-corrected chi connectivity index (χ1v) is 5.29. The van der Waals surface area contributed by atoms with Crippen molar-refractivity contribution in [2.75, 3.05) is 0 Å². The van der Waals surface area contributed by atoms with E-state index in [9.17, 15) is 4.79 Å². The topological polar surface area (TPSA) is 29.1 Å². The molecular weight excluding hydrogens is 162 g/mol. The highest BCUT2D eigenvalue weighted by Gasteiger charge is 2.16. The molecule has 0 aromatic heterocycles. The van der Waals surface area contributed by atoms with Crippen LogP contribution in [0.15, 0.2) is 0 Å². The van der Waals surface area contributed by atoms with Crippen molar-refractivity contribution in [2.45, 2.75) is 53.5 Å². The molecule has 0 spiro atoms. The van der Waals surface area contributed by atoms with Crippen LogP contribution in [-0.2, 0) is 4.79 Å². The molecule has 0 aromatic rings. The number of carbonyl (C=O) groups is 1. The highest BCUT2D eigenvalue weighted by atomic mass is 16.1. The van der Waals surface area contributed by atoms with Crippen molar-refractivity contribution in [3.63, 3.8) is 0 Å². The third kappa shape index (κ3) is 4.91. The molecule has 0 aliphatic carbocycles. The largest absolute Gasteiger partial charge is 0.353 e. The molecule has 78 valence electrons. The van der Waals surface area contributed by atoms with Gasteiger partial charge in [0.2, 0.25) is 5.91 Å². The molecule has 0 saturated heterocycles. The standard InChI is InChI=1S/C11H23NO/c1-6-7-10(8(2)3)12-11(13)9(4)5/h8-10H,6-7H2,1-5H3,(H,12,13).